The Morgan fingerprint density at radius 1 is 1.06 bits per heavy atom. The molecular weight excluding hydrogens is 245 g/mol. The lowest BCUT2D eigenvalue weighted by Crippen LogP contribution is -2.56. The second-order valence-corrected chi connectivity index (χ2v) is 5.80. The van der Waals surface area contributed by atoms with Crippen LogP contribution in [0.2, 0.25) is 0 Å². The molecule has 0 bridgehead atoms. The number of halogens is 3. The van der Waals surface area contributed by atoms with Crippen LogP contribution in [-0.4, -0.2) is 54.1 Å². The normalized spacial score (nSPS) is 20.9. The first-order chi connectivity index (χ1) is 8.03. The summed E-state index contributed by atoms with van der Waals surface area (Å²) in [6.07, 6.45) is -4.20. The molecule has 1 unspecified atom stereocenters. The van der Waals surface area contributed by atoms with Gasteiger partial charge in [-0.1, -0.05) is 20.8 Å². The number of hydrogen-bond donors (Lipinski definition) is 0. The molecule has 18 heavy (non-hydrogen) atoms. The summed E-state index contributed by atoms with van der Waals surface area (Å²) < 4.78 is 37.7. The Morgan fingerprint density at radius 3 is 1.83 bits per heavy atom. The highest BCUT2D eigenvalue weighted by Crippen LogP contribution is 2.26. The van der Waals surface area contributed by atoms with Crippen LogP contribution in [0.4, 0.5) is 13.2 Å². The predicted molar refractivity (Wildman–Crippen MR) is 63.1 cm³/mol. The topological polar surface area (TPSA) is 23.6 Å². The second-order valence-electron chi connectivity index (χ2n) is 5.80. The highest BCUT2D eigenvalue weighted by atomic mass is 19.4. The zero-order valence-corrected chi connectivity index (χ0v) is 11.3. The minimum absolute atomic E-state index is 0.00168. The number of piperazine rings is 1. The first kappa shape index (κ1) is 15.3. The summed E-state index contributed by atoms with van der Waals surface area (Å²) in [6.45, 7) is 7.93. The van der Waals surface area contributed by atoms with Gasteiger partial charge in [-0.25, -0.2) is 0 Å². The van der Waals surface area contributed by atoms with Crippen LogP contribution in [0.3, 0.4) is 0 Å². The van der Waals surface area contributed by atoms with Crippen LogP contribution in [0.25, 0.3) is 0 Å². The fourth-order valence-electron chi connectivity index (χ4n) is 1.99. The lowest BCUT2D eigenvalue weighted by molar-refractivity contribution is -0.183. The van der Waals surface area contributed by atoms with E-state index in [0.29, 0.717) is 13.1 Å². The molecule has 106 valence electrons. The average Bonchev–Trinajstić information content (AvgIpc) is 2.25. The molecule has 0 saturated carbocycles. The summed E-state index contributed by atoms with van der Waals surface area (Å²) >= 11 is 0. The van der Waals surface area contributed by atoms with Gasteiger partial charge in [0.15, 0.2) is 0 Å². The molecule has 1 saturated heterocycles. The molecule has 0 spiro atoms. The van der Waals surface area contributed by atoms with Crippen LogP contribution < -0.4 is 0 Å². The highest BCUT2D eigenvalue weighted by Gasteiger charge is 2.41. The largest absolute Gasteiger partial charge is 0.403 e. The van der Waals surface area contributed by atoms with E-state index in [2.05, 4.69) is 0 Å². The van der Waals surface area contributed by atoms with Crippen molar-refractivity contribution in [1.82, 2.24) is 9.80 Å². The molecule has 0 N–H and O–H groups in total. The minimum Gasteiger partial charge on any atom is -0.340 e. The molecule has 0 aromatic heterocycles. The Hall–Kier alpha value is -0.780. The molecular formula is C12H21F3N2O. The van der Waals surface area contributed by atoms with E-state index in [0.717, 1.165) is 0 Å². The molecule has 0 radical (unpaired) electrons. The van der Waals surface area contributed by atoms with Crippen LogP contribution in [0, 0.1) is 5.41 Å². The van der Waals surface area contributed by atoms with E-state index in [9.17, 15) is 18.0 Å². The Kier molecular flexibility index (Phi) is 4.30. The van der Waals surface area contributed by atoms with E-state index in [1.165, 1.54) is 11.8 Å². The van der Waals surface area contributed by atoms with Crippen LogP contribution >= 0.6 is 0 Å². The molecule has 1 aliphatic heterocycles. The molecule has 1 amide bonds. The van der Waals surface area contributed by atoms with Gasteiger partial charge in [0.2, 0.25) is 5.91 Å². The van der Waals surface area contributed by atoms with Crippen molar-refractivity contribution in [2.45, 2.75) is 39.9 Å². The number of carbonyl (C=O) groups is 1. The Balaban J connectivity index is 2.54. The van der Waals surface area contributed by atoms with Gasteiger partial charge in [-0.05, 0) is 6.92 Å². The summed E-state index contributed by atoms with van der Waals surface area (Å²) in [5, 5.41) is 0. The molecule has 0 aliphatic carbocycles. The fourth-order valence-corrected chi connectivity index (χ4v) is 1.99. The van der Waals surface area contributed by atoms with E-state index in [1.807, 2.05) is 20.8 Å². The number of nitrogens with zero attached hydrogens (tertiary/aromatic N) is 2. The first-order valence-electron chi connectivity index (χ1n) is 6.13. The summed E-state index contributed by atoms with van der Waals surface area (Å²) in [7, 11) is 0. The van der Waals surface area contributed by atoms with Crippen molar-refractivity contribution in [2.75, 3.05) is 26.2 Å². The van der Waals surface area contributed by atoms with Crippen LogP contribution in [0.15, 0.2) is 0 Å². The van der Waals surface area contributed by atoms with Crippen molar-refractivity contribution in [1.29, 1.82) is 0 Å². The van der Waals surface area contributed by atoms with E-state index < -0.39 is 17.6 Å². The summed E-state index contributed by atoms with van der Waals surface area (Å²) in [5.74, 6) is 0.00168. The van der Waals surface area contributed by atoms with Crippen LogP contribution in [-0.2, 0) is 4.79 Å². The van der Waals surface area contributed by atoms with Gasteiger partial charge in [-0.15, -0.1) is 0 Å². The first-order valence-corrected chi connectivity index (χ1v) is 6.13. The number of amides is 1. The van der Waals surface area contributed by atoms with Crippen LogP contribution in [0.5, 0.6) is 0 Å². The molecule has 1 aliphatic rings. The predicted octanol–water partition coefficient (Wildman–Crippen LogP) is 2.13. The van der Waals surface area contributed by atoms with Crippen molar-refractivity contribution in [3.05, 3.63) is 0 Å². The van der Waals surface area contributed by atoms with Crippen molar-refractivity contribution >= 4 is 5.91 Å². The maximum atomic E-state index is 12.6. The van der Waals surface area contributed by atoms with Gasteiger partial charge in [0.05, 0.1) is 0 Å². The van der Waals surface area contributed by atoms with Crippen molar-refractivity contribution < 1.29 is 18.0 Å². The number of carbonyl (C=O) groups excluding carboxylic acids is 1. The van der Waals surface area contributed by atoms with Gasteiger partial charge in [0.25, 0.3) is 0 Å². The molecule has 0 aromatic rings. The third kappa shape index (κ3) is 3.60. The Morgan fingerprint density at radius 2 is 1.50 bits per heavy atom. The van der Waals surface area contributed by atoms with Gasteiger partial charge < -0.3 is 4.90 Å². The average molecular weight is 266 g/mol. The maximum Gasteiger partial charge on any atom is 0.403 e. The van der Waals surface area contributed by atoms with E-state index in [1.54, 1.807) is 4.90 Å². The van der Waals surface area contributed by atoms with Gasteiger partial charge in [0.1, 0.15) is 6.04 Å². The number of rotatable bonds is 1. The fraction of sp³-hybridized carbons (Fsp3) is 0.917. The standard InChI is InChI=1S/C12H21F3N2O/c1-9(12(13,14)15)16-5-7-17(8-6-16)10(18)11(2,3)4/h9H,5-8H2,1-4H3. The molecule has 1 rings (SSSR count). The quantitative estimate of drug-likeness (QED) is 0.726. The minimum atomic E-state index is -4.20. The van der Waals surface area contributed by atoms with Crippen molar-refractivity contribution in [3.63, 3.8) is 0 Å². The van der Waals surface area contributed by atoms with E-state index >= 15 is 0 Å². The molecule has 1 heterocycles. The summed E-state index contributed by atoms with van der Waals surface area (Å²) in [6, 6.07) is -1.44. The third-order valence-corrected chi connectivity index (χ3v) is 3.26. The zero-order valence-electron chi connectivity index (χ0n) is 11.3. The molecule has 1 atom stereocenters. The van der Waals surface area contributed by atoms with Gasteiger partial charge in [-0.2, -0.15) is 13.2 Å². The molecule has 0 aromatic carbocycles. The van der Waals surface area contributed by atoms with Gasteiger partial charge in [0, 0.05) is 31.6 Å². The summed E-state index contributed by atoms with van der Waals surface area (Å²) in [4.78, 5) is 15.0. The van der Waals surface area contributed by atoms with Crippen molar-refractivity contribution in [2.24, 2.45) is 5.41 Å². The summed E-state index contributed by atoms with van der Waals surface area (Å²) in [5.41, 5.74) is -0.474. The lowest BCUT2D eigenvalue weighted by Gasteiger charge is -2.40. The molecule has 3 nitrogen and oxygen atoms in total. The molecule has 1 fully saturated rings. The lowest BCUT2D eigenvalue weighted by atomic mass is 9.94. The van der Waals surface area contributed by atoms with Crippen molar-refractivity contribution in [3.8, 4) is 0 Å². The van der Waals surface area contributed by atoms with E-state index in [-0.39, 0.29) is 19.0 Å². The highest BCUT2D eigenvalue weighted by molar-refractivity contribution is 5.81. The van der Waals surface area contributed by atoms with Crippen LogP contribution in [0.1, 0.15) is 27.7 Å². The number of hydrogen-bond acceptors (Lipinski definition) is 2. The molecule has 6 heteroatoms. The smallest absolute Gasteiger partial charge is 0.340 e. The third-order valence-electron chi connectivity index (χ3n) is 3.26. The number of alkyl halides is 3. The maximum absolute atomic E-state index is 12.6. The van der Waals surface area contributed by atoms with E-state index in [4.69, 9.17) is 0 Å². The monoisotopic (exact) mass is 266 g/mol. The Bertz CT molecular complexity index is 301. The SMILES string of the molecule is CC(N1CCN(C(=O)C(C)(C)C)CC1)C(F)(F)F. The second kappa shape index (κ2) is 5.07. The van der Waals surface area contributed by atoms with Gasteiger partial charge in [-0.3, -0.25) is 9.69 Å². The zero-order chi connectivity index (χ0) is 14.1. The van der Waals surface area contributed by atoms with Gasteiger partial charge >= 0.3 is 6.18 Å². The Labute approximate surface area is 106 Å².